The van der Waals surface area contributed by atoms with Crippen LogP contribution >= 0.6 is 15.9 Å². The zero-order chi connectivity index (χ0) is 15.1. The molecule has 21 heavy (non-hydrogen) atoms. The van der Waals surface area contributed by atoms with E-state index in [0.29, 0.717) is 6.42 Å². The van der Waals surface area contributed by atoms with Gasteiger partial charge in [-0.3, -0.25) is 4.79 Å². The summed E-state index contributed by atoms with van der Waals surface area (Å²) in [5, 5.41) is 12.0. The third-order valence-electron chi connectivity index (χ3n) is 3.10. The normalized spacial score (nSPS) is 11.6. The molecule has 1 amide bonds. The monoisotopic (exact) mass is 345 g/mol. The number of hydrogen-bond donors (Lipinski definition) is 1. The lowest BCUT2D eigenvalue weighted by Gasteiger charge is -2.12. The summed E-state index contributed by atoms with van der Waals surface area (Å²) in [5.41, 5.74) is 0.783. The van der Waals surface area contributed by atoms with Gasteiger partial charge in [0.2, 0.25) is 5.91 Å². The quantitative estimate of drug-likeness (QED) is 0.871. The van der Waals surface area contributed by atoms with Gasteiger partial charge in [0.05, 0.1) is 6.07 Å². The minimum Gasteiger partial charge on any atom is -0.354 e. The molecule has 5 heteroatoms. The van der Waals surface area contributed by atoms with E-state index in [-0.39, 0.29) is 5.91 Å². The number of nitrogens with zero attached hydrogens (tertiary/aromatic N) is 2. The minimum absolute atomic E-state index is 0.103. The number of nitrogens with one attached hydrogen (secondary N) is 1. The third-order valence-corrected chi connectivity index (χ3v) is 3.60. The number of nitriles is 1. The predicted molar refractivity (Wildman–Crippen MR) is 84.3 cm³/mol. The van der Waals surface area contributed by atoms with E-state index in [1.165, 1.54) is 0 Å². The van der Waals surface area contributed by atoms with Crippen LogP contribution in [0.4, 0.5) is 0 Å². The summed E-state index contributed by atoms with van der Waals surface area (Å²) in [6.45, 7) is 0.800. The first-order valence-corrected chi connectivity index (χ1v) is 7.53. The van der Waals surface area contributed by atoms with Crippen molar-refractivity contribution in [2.75, 3.05) is 0 Å². The van der Waals surface area contributed by atoms with Crippen LogP contribution in [0.1, 0.15) is 24.4 Å². The van der Waals surface area contributed by atoms with E-state index in [9.17, 15) is 10.1 Å². The fraction of sp³-hybridized carbons (Fsp3) is 0.250. The Morgan fingerprint density at radius 3 is 2.76 bits per heavy atom. The van der Waals surface area contributed by atoms with Crippen LogP contribution in [0.3, 0.4) is 0 Å². The van der Waals surface area contributed by atoms with Crippen LogP contribution in [0.5, 0.6) is 0 Å². The SMILES string of the molecule is N#CC(NC(=O)CCCn1cccc1)c1cccc(Br)c1. The second-order valence-electron chi connectivity index (χ2n) is 4.71. The average molecular weight is 346 g/mol. The molecule has 0 aliphatic heterocycles. The zero-order valence-corrected chi connectivity index (χ0v) is 13.1. The van der Waals surface area contributed by atoms with E-state index < -0.39 is 6.04 Å². The number of halogens is 1. The Labute approximate surface area is 132 Å². The lowest BCUT2D eigenvalue weighted by Crippen LogP contribution is -2.27. The standard InChI is InChI=1S/C16H16BrN3O/c17-14-6-3-5-13(11-14)15(12-18)19-16(21)7-4-10-20-8-1-2-9-20/h1-3,5-6,8-9,11,15H,4,7,10H2,(H,19,21). The van der Waals surface area contributed by atoms with Crippen molar-refractivity contribution in [3.63, 3.8) is 0 Å². The van der Waals surface area contributed by atoms with Gasteiger partial charge in [-0.1, -0.05) is 28.1 Å². The minimum atomic E-state index is -0.610. The van der Waals surface area contributed by atoms with Crippen LogP contribution in [0.2, 0.25) is 0 Å². The van der Waals surface area contributed by atoms with E-state index in [1.54, 1.807) is 0 Å². The predicted octanol–water partition coefficient (Wildman–Crippen LogP) is 3.41. The van der Waals surface area contributed by atoms with Gasteiger partial charge in [-0.2, -0.15) is 5.26 Å². The second-order valence-corrected chi connectivity index (χ2v) is 5.62. The summed E-state index contributed by atoms with van der Waals surface area (Å²) in [4.78, 5) is 11.9. The molecule has 0 aliphatic rings. The maximum absolute atomic E-state index is 11.9. The lowest BCUT2D eigenvalue weighted by molar-refractivity contribution is -0.121. The number of carbonyl (C=O) groups is 1. The molecule has 0 spiro atoms. The molecule has 1 aromatic heterocycles. The molecular weight excluding hydrogens is 330 g/mol. The highest BCUT2D eigenvalue weighted by atomic mass is 79.9. The van der Waals surface area contributed by atoms with Crippen LogP contribution in [0.25, 0.3) is 0 Å². The number of hydrogen-bond acceptors (Lipinski definition) is 2. The van der Waals surface area contributed by atoms with Crippen LogP contribution < -0.4 is 5.32 Å². The molecule has 4 nitrogen and oxygen atoms in total. The first-order chi connectivity index (χ1) is 10.2. The molecule has 0 saturated heterocycles. The van der Waals surface area contributed by atoms with Crippen molar-refractivity contribution < 1.29 is 4.79 Å². The van der Waals surface area contributed by atoms with E-state index in [2.05, 4.69) is 27.3 Å². The van der Waals surface area contributed by atoms with Gasteiger partial charge in [0, 0.05) is 29.8 Å². The first-order valence-electron chi connectivity index (χ1n) is 6.74. The van der Waals surface area contributed by atoms with Gasteiger partial charge in [0.15, 0.2) is 0 Å². The van der Waals surface area contributed by atoms with Crippen LogP contribution in [0.15, 0.2) is 53.3 Å². The van der Waals surface area contributed by atoms with Crippen molar-refractivity contribution >= 4 is 21.8 Å². The largest absolute Gasteiger partial charge is 0.354 e. The molecule has 1 unspecified atom stereocenters. The van der Waals surface area contributed by atoms with Gasteiger partial charge in [-0.15, -0.1) is 0 Å². The topological polar surface area (TPSA) is 57.8 Å². The number of amides is 1. The van der Waals surface area contributed by atoms with Crippen molar-refractivity contribution in [2.24, 2.45) is 0 Å². The Morgan fingerprint density at radius 1 is 1.33 bits per heavy atom. The Kier molecular flexibility index (Phi) is 5.59. The van der Waals surface area contributed by atoms with Crippen molar-refractivity contribution in [1.82, 2.24) is 9.88 Å². The summed E-state index contributed by atoms with van der Waals surface area (Å²) < 4.78 is 2.92. The Bertz CT molecular complexity index is 631. The molecule has 2 rings (SSSR count). The van der Waals surface area contributed by atoms with Gasteiger partial charge in [-0.05, 0) is 36.2 Å². The molecule has 1 N–H and O–H groups in total. The van der Waals surface area contributed by atoms with E-state index in [0.717, 1.165) is 23.0 Å². The van der Waals surface area contributed by atoms with Crippen LogP contribution in [-0.4, -0.2) is 10.5 Å². The smallest absolute Gasteiger partial charge is 0.221 e. The highest BCUT2D eigenvalue weighted by molar-refractivity contribution is 9.10. The van der Waals surface area contributed by atoms with E-state index in [1.807, 2.05) is 53.4 Å². The van der Waals surface area contributed by atoms with Gasteiger partial charge in [0.1, 0.15) is 6.04 Å². The fourth-order valence-corrected chi connectivity index (χ4v) is 2.47. The molecule has 108 valence electrons. The molecule has 0 bridgehead atoms. The molecule has 0 radical (unpaired) electrons. The van der Waals surface area contributed by atoms with E-state index >= 15 is 0 Å². The molecule has 2 aromatic rings. The number of aromatic nitrogens is 1. The number of aryl methyl sites for hydroxylation is 1. The maximum Gasteiger partial charge on any atom is 0.221 e. The summed E-state index contributed by atoms with van der Waals surface area (Å²) in [5.74, 6) is -0.103. The van der Waals surface area contributed by atoms with Crippen molar-refractivity contribution in [2.45, 2.75) is 25.4 Å². The first kappa shape index (κ1) is 15.3. The molecule has 1 atom stereocenters. The zero-order valence-electron chi connectivity index (χ0n) is 11.5. The van der Waals surface area contributed by atoms with Gasteiger partial charge in [0.25, 0.3) is 0 Å². The van der Waals surface area contributed by atoms with Crippen molar-refractivity contribution in [1.29, 1.82) is 5.26 Å². The summed E-state index contributed by atoms with van der Waals surface area (Å²) in [6, 6.07) is 12.8. The molecular formula is C16H16BrN3O. The highest BCUT2D eigenvalue weighted by Crippen LogP contribution is 2.18. The van der Waals surface area contributed by atoms with Crippen LogP contribution in [0, 0.1) is 11.3 Å². The van der Waals surface area contributed by atoms with Gasteiger partial charge >= 0.3 is 0 Å². The van der Waals surface area contributed by atoms with Gasteiger partial charge in [-0.25, -0.2) is 0 Å². The average Bonchev–Trinajstić information content (AvgIpc) is 2.98. The Balaban J connectivity index is 1.84. The third kappa shape index (κ3) is 4.76. The lowest BCUT2D eigenvalue weighted by atomic mass is 10.1. The summed E-state index contributed by atoms with van der Waals surface area (Å²) >= 11 is 3.36. The van der Waals surface area contributed by atoms with Crippen LogP contribution in [-0.2, 0) is 11.3 Å². The fourth-order valence-electron chi connectivity index (χ4n) is 2.05. The Hall–Kier alpha value is -2.06. The molecule has 0 saturated carbocycles. The maximum atomic E-state index is 11.9. The number of rotatable bonds is 6. The molecule has 1 heterocycles. The second kappa shape index (κ2) is 7.65. The molecule has 0 fully saturated rings. The van der Waals surface area contributed by atoms with Crippen molar-refractivity contribution in [3.05, 3.63) is 58.8 Å². The molecule has 0 aliphatic carbocycles. The Morgan fingerprint density at radius 2 is 2.10 bits per heavy atom. The number of carbonyl (C=O) groups excluding carboxylic acids is 1. The number of benzene rings is 1. The highest BCUT2D eigenvalue weighted by Gasteiger charge is 2.13. The summed E-state index contributed by atoms with van der Waals surface area (Å²) in [6.07, 6.45) is 5.09. The van der Waals surface area contributed by atoms with E-state index in [4.69, 9.17) is 0 Å². The van der Waals surface area contributed by atoms with Crippen molar-refractivity contribution in [3.8, 4) is 6.07 Å². The molecule has 1 aromatic carbocycles. The van der Waals surface area contributed by atoms with Gasteiger partial charge < -0.3 is 9.88 Å². The summed E-state index contributed by atoms with van der Waals surface area (Å²) in [7, 11) is 0.